The molecule has 0 aliphatic heterocycles. The highest BCUT2D eigenvalue weighted by molar-refractivity contribution is 6.37. The van der Waals surface area contributed by atoms with Crippen molar-refractivity contribution in [2.75, 3.05) is 0 Å². The number of carbonyl (C=O) groups excluding carboxylic acids is 1. The maximum Gasteiger partial charge on any atom is 0.179 e. The van der Waals surface area contributed by atoms with E-state index < -0.39 is 0 Å². The van der Waals surface area contributed by atoms with Crippen molar-refractivity contribution in [1.82, 2.24) is 9.55 Å². The van der Waals surface area contributed by atoms with Crippen molar-refractivity contribution in [1.29, 1.82) is 0 Å². The molecular formula is C23H24Cl2N2O. The van der Waals surface area contributed by atoms with Crippen molar-refractivity contribution in [2.45, 2.75) is 40.5 Å². The van der Waals surface area contributed by atoms with Crippen molar-refractivity contribution < 1.29 is 4.79 Å². The molecule has 0 aliphatic carbocycles. The minimum Gasteiger partial charge on any atom is -0.347 e. The van der Waals surface area contributed by atoms with E-state index in [1.54, 1.807) is 0 Å². The number of rotatable bonds is 3. The minimum atomic E-state index is -0.186. The van der Waals surface area contributed by atoms with Crippen LogP contribution in [0.3, 0.4) is 0 Å². The van der Waals surface area contributed by atoms with Crippen molar-refractivity contribution in [3.05, 3.63) is 62.5 Å². The lowest BCUT2D eigenvalue weighted by Crippen LogP contribution is -2.04. The molecule has 0 aliphatic rings. The minimum absolute atomic E-state index is 0.186. The summed E-state index contributed by atoms with van der Waals surface area (Å²) >= 11 is 12.7. The zero-order chi connectivity index (χ0) is 21.0. The summed E-state index contributed by atoms with van der Waals surface area (Å²) in [5.74, 6) is 2.50. The zero-order valence-corrected chi connectivity index (χ0v) is 18.4. The topological polar surface area (TPSA) is 34.9 Å². The second-order valence-electron chi connectivity index (χ2n) is 6.75. The molecule has 0 unspecified atom stereocenters. The Morgan fingerprint density at radius 3 is 2.46 bits per heavy atom. The molecule has 3 rings (SSSR count). The van der Waals surface area contributed by atoms with Gasteiger partial charge < -0.3 is 4.57 Å². The number of fused-ring (bicyclic) bond motifs is 1. The maximum absolute atomic E-state index is 11.7. The summed E-state index contributed by atoms with van der Waals surface area (Å²) in [5.41, 5.74) is 4.97. The Morgan fingerprint density at radius 1 is 1.25 bits per heavy atom. The number of hydrogen-bond acceptors (Lipinski definition) is 2. The maximum atomic E-state index is 11.7. The predicted octanol–water partition coefficient (Wildman–Crippen LogP) is 6.38. The number of halogens is 2. The zero-order valence-electron chi connectivity index (χ0n) is 16.9. The molecule has 1 aromatic carbocycles. The van der Waals surface area contributed by atoms with Gasteiger partial charge in [0.15, 0.2) is 5.78 Å². The van der Waals surface area contributed by atoms with Crippen LogP contribution in [0.25, 0.3) is 10.9 Å². The summed E-state index contributed by atoms with van der Waals surface area (Å²) in [7, 11) is 1.98. The molecule has 0 fully saturated rings. The second-order valence-corrected chi connectivity index (χ2v) is 7.54. The second kappa shape index (κ2) is 9.28. The van der Waals surface area contributed by atoms with Crippen molar-refractivity contribution in [3.63, 3.8) is 0 Å². The first-order chi connectivity index (χ1) is 13.2. The summed E-state index contributed by atoms with van der Waals surface area (Å²) in [4.78, 5) is 15.7. The summed E-state index contributed by atoms with van der Waals surface area (Å²) in [6, 6.07) is 6.08. The SMILES string of the molecule is C#Cc1cc(C)c2cc(Cc3c(Cl)cnc(C(C)=O)c3Cl)n(C)c2c1.CCC. The third-order valence-electron chi connectivity index (χ3n) is 4.39. The number of aromatic nitrogens is 2. The van der Waals surface area contributed by atoms with E-state index in [9.17, 15) is 4.79 Å². The molecule has 2 aromatic heterocycles. The quantitative estimate of drug-likeness (QED) is 0.368. The number of nitrogens with zero attached hydrogens (tertiary/aromatic N) is 2. The van der Waals surface area contributed by atoms with Crippen LogP contribution >= 0.6 is 23.2 Å². The van der Waals surface area contributed by atoms with Gasteiger partial charge in [0, 0.05) is 48.7 Å². The number of pyridine rings is 1. The molecule has 28 heavy (non-hydrogen) atoms. The summed E-state index contributed by atoms with van der Waals surface area (Å²) in [6.45, 7) is 7.72. The van der Waals surface area contributed by atoms with E-state index in [-0.39, 0.29) is 11.5 Å². The first-order valence-corrected chi connectivity index (χ1v) is 9.89. The third-order valence-corrected chi connectivity index (χ3v) is 5.13. The molecule has 0 saturated heterocycles. The first-order valence-electron chi connectivity index (χ1n) is 9.14. The fraction of sp³-hybridized carbons (Fsp3) is 0.304. The fourth-order valence-electron chi connectivity index (χ4n) is 3.01. The number of hydrogen-bond donors (Lipinski definition) is 0. The molecule has 0 bridgehead atoms. The van der Waals surface area contributed by atoms with E-state index in [4.69, 9.17) is 29.6 Å². The van der Waals surface area contributed by atoms with Gasteiger partial charge in [0.05, 0.1) is 10.0 Å². The number of aryl methyl sites for hydroxylation is 2. The number of ketones is 1. The van der Waals surface area contributed by atoms with Gasteiger partial charge in [-0.1, -0.05) is 49.4 Å². The Hall–Kier alpha value is -2.28. The number of Topliss-reactive ketones (excluding diaryl/α,β-unsaturated/α-hetero) is 1. The molecule has 146 valence electrons. The van der Waals surface area contributed by atoms with E-state index in [1.807, 2.05) is 26.1 Å². The van der Waals surface area contributed by atoms with Crippen LogP contribution in [0.4, 0.5) is 0 Å². The Kier molecular flexibility index (Phi) is 7.29. The fourth-order valence-corrected chi connectivity index (χ4v) is 3.62. The Bertz CT molecular complexity index is 1070. The van der Waals surface area contributed by atoms with Crippen molar-refractivity contribution >= 4 is 39.9 Å². The standard InChI is InChI=1S/C20H16Cl2N2O.C3H8/c1-5-13-6-11(2)15-8-14(24(4)18(15)7-13)9-16-17(21)10-23-20(12(3)25)19(16)22;1-3-2/h1,6-8,10H,9H2,2-4H3;3H2,1-2H3. The van der Waals surface area contributed by atoms with Crippen LogP contribution in [-0.4, -0.2) is 15.3 Å². The van der Waals surface area contributed by atoms with Gasteiger partial charge in [-0.25, -0.2) is 4.98 Å². The summed E-state index contributed by atoms with van der Waals surface area (Å²) in [6.07, 6.45) is 8.76. The third kappa shape index (κ3) is 4.41. The van der Waals surface area contributed by atoms with Crippen LogP contribution in [0.5, 0.6) is 0 Å². The molecule has 3 nitrogen and oxygen atoms in total. The Morgan fingerprint density at radius 2 is 1.89 bits per heavy atom. The molecule has 2 heterocycles. The molecule has 0 spiro atoms. The summed E-state index contributed by atoms with van der Waals surface area (Å²) < 4.78 is 2.07. The number of carbonyl (C=O) groups is 1. The highest BCUT2D eigenvalue weighted by atomic mass is 35.5. The van der Waals surface area contributed by atoms with Gasteiger partial charge in [0.2, 0.25) is 0 Å². The normalized spacial score (nSPS) is 10.4. The molecule has 5 heteroatoms. The van der Waals surface area contributed by atoms with Crippen LogP contribution in [0, 0.1) is 19.3 Å². The average Bonchev–Trinajstić information content (AvgIpc) is 2.95. The first kappa shape index (κ1) is 22.0. The van der Waals surface area contributed by atoms with Gasteiger partial charge in [-0.05, 0) is 36.2 Å². The Balaban J connectivity index is 0.000000878. The van der Waals surface area contributed by atoms with Gasteiger partial charge in [-0.15, -0.1) is 6.42 Å². The molecule has 3 aromatic rings. The van der Waals surface area contributed by atoms with Gasteiger partial charge >= 0.3 is 0 Å². The highest BCUT2D eigenvalue weighted by Gasteiger charge is 2.18. The Labute approximate surface area is 176 Å². The van der Waals surface area contributed by atoms with Gasteiger partial charge in [-0.2, -0.15) is 0 Å². The summed E-state index contributed by atoms with van der Waals surface area (Å²) in [5, 5.41) is 1.89. The molecule has 0 N–H and O–H groups in total. The molecular weight excluding hydrogens is 391 g/mol. The lowest BCUT2D eigenvalue weighted by atomic mass is 10.1. The predicted molar refractivity (Wildman–Crippen MR) is 119 cm³/mol. The van der Waals surface area contributed by atoms with Gasteiger partial charge in [0.1, 0.15) is 5.69 Å². The van der Waals surface area contributed by atoms with Crippen molar-refractivity contribution in [3.8, 4) is 12.3 Å². The highest BCUT2D eigenvalue weighted by Crippen LogP contribution is 2.31. The van der Waals surface area contributed by atoms with Crippen molar-refractivity contribution in [2.24, 2.45) is 7.05 Å². The molecule has 0 atom stereocenters. The van der Waals surface area contributed by atoms with Crippen LogP contribution in [0.15, 0.2) is 24.4 Å². The number of terminal acetylenes is 1. The molecule has 0 saturated carbocycles. The van der Waals surface area contributed by atoms with E-state index >= 15 is 0 Å². The molecule has 0 amide bonds. The van der Waals surface area contributed by atoms with Crippen LogP contribution in [-0.2, 0) is 13.5 Å². The smallest absolute Gasteiger partial charge is 0.179 e. The largest absolute Gasteiger partial charge is 0.347 e. The van der Waals surface area contributed by atoms with E-state index in [1.165, 1.54) is 19.5 Å². The van der Waals surface area contributed by atoms with E-state index in [0.29, 0.717) is 22.0 Å². The van der Waals surface area contributed by atoms with Crippen LogP contribution in [0.1, 0.15) is 60.1 Å². The number of benzene rings is 1. The van der Waals surface area contributed by atoms with E-state index in [0.717, 1.165) is 27.7 Å². The average molecular weight is 415 g/mol. The van der Waals surface area contributed by atoms with Crippen LogP contribution in [0.2, 0.25) is 10.0 Å². The molecule has 0 radical (unpaired) electrons. The van der Waals surface area contributed by atoms with E-state index in [2.05, 4.69) is 35.4 Å². The van der Waals surface area contributed by atoms with Gasteiger partial charge in [-0.3, -0.25) is 4.79 Å². The van der Waals surface area contributed by atoms with Crippen LogP contribution < -0.4 is 0 Å². The lowest BCUT2D eigenvalue weighted by molar-refractivity contribution is 0.101. The monoisotopic (exact) mass is 414 g/mol. The van der Waals surface area contributed by atoms with Gasteiger partial charge in [0.25, 0.3) is 0 Å². The lowest BCUT2D eigenvalue weighted by Gasteiger charge is -2.10.